The van der Waals surface area contributed by atoms with E-state index in [-0.39, 0.29) is 6.04 Å². The summed E-state index contributed by atoms with van der Waals surface area (Å²) in [6, 6.07) is 3.30. The van der Waals surface area contributed by atoms with Gasteiger partial charge in [-0.05, 0) is 36.4 Å². The molecule has 0 aliphatic heterocycles. The molecule has 96 valence electrons. The third-order valence-electron chi connectivity index (χ3n) is 2.01. The summed E-state index contributed by atoms with van der Waals surface area (Å²) >= 11 is 5.36. The van der Waals surface area contributed by atoms with Gasteiger partial charge in [0.25, 0.3) is 0 Å². The maximum Gasteiger partial charge on any atom is 0.422 e. The van der Waals surface area contributed by atoms with E-state index < -0.39 is 24.3 Å². The molecule has 0 amide bonds. The Bertz CT molecular complexity index is 383. The predicted molar refractivity (Wildman–Crippen MR) is 55.4 cm³/mol. The molecule has 0 heterocycles. The lowest BCUT2D eigenvalue weighted by Crippen LogP contribution is -2.20. The summed E-state index contributed by atoms with van der Waals surface area (Å²) in [4.78, 5) is 2.37. The number of rotatable bonds is 4. The van der Waals surface area contributed by atoms with Crippen LogP contribution in [0.1, 0.15) is 18.5 Å². The number of halogens is 5. The number of nitrogens with one attached hydrogen (secondary N) is 1. The second-order valence-corrected chi connectivity index (χ2v) is 3.64. The molecule has 2 nitrogen and oxygen atoms in total. The largest absolute Gasteiger partial charge is 0.481 e. The van der Waals surface area contributed by atoms with Crippen molar-refractivity contribution in [3.63, 3.8) is 0 Å². The number of benzene rings is 1. The van der Waals surface area contributed by atoms with Crippen molar-refractivity contribution in [3.05, 3.63) is 29.6 Å². The molecule has 7 heteroatoms. The highest BCUT2D eigenvalue weighted by molar-refractivity contribution is 6.13. The smallest absolute Gasteiger partial charge is 0.422 e. The van der Waals surface area contributed by atoms with Gasteiger partial charge in [0, 0.05) is 6.04 Å². The van der Waals surface area contributed by atoms with Gasteiger partial charge in [-0.15, -0.1) is 0 Å². The highest BCUT2D eigenvalue weighted by Gasteiger charge is 2.29. The maximum atomic E-state index is 13.2. The van der Waals surface area contributed by atoms with Crippen LogP contribution in [0.3, 0.4) is 0 Å². The first-order valence-electron chi connectivity index (χ1n) is 4.68. The number of alkyl halides is 3. The standard InChI is InChI=1S/C10H10ClF4NO/c1-6(16-11)7-2-3-8(12)9(4-7)17-5-10(13,14)15/h2-4,6,16H,5H2,1H3/t6-/m1/s1. The van der Waals surface area contributed by atoms with Crippen molar-refractivity contribution in [2.24, 2.45) is 0 Å². The summed E-state index contributed by atoms with van der Waals surface area (Å²) in [5, 5.41) is 0. The Morgan fingerprint density at radius 2 is 2.06 bits per heavy atom. The molecule has 0 radical (unpaired) electrons. The van der Waals surface area contributed by atoms with Crippen LogP contribution in [0.2, 0.25) is 0 Å². The minimum absolute atomic E-state index is 0.328. The van der Waals surface area contributed by atoms with E-state index in [1.807, 2.05) is 0 Å². The van der Waals surface area contributed by atoms with Gasteiger partial charge in [0.2, 0.25) is 0 Å². The van der Waals surface area contributed by atoms with Crippen molar-refractivity contribution in [1.29, 1.82) is 0 Å². The topological polar surface area (TPSA) is 21.3 Å². The molecule has 0 bridgehead atoms. The van der Waals surface area contributed by atoms with Crippen molar-refractivity contribution in [3.8, 4) is 5.75 Å². The zero-order valence-corrected chi connectivity index (χ0v) is 9.57. The predicted octanol–water partition coefficient (Wildman–Crippen LogP) is 3.57. The number of hydrogen-bond donors (Lipinski definition) is 1. The van der Waals surface area contributed by atoms with Gasteiger partial charge in [-0.1, -0.05) is 6.07 Å². The number of hydrogen-bond acceptors (Lipinski definition) is 2. The van der Waals surface area contributed by atoms with E-state index in [1.54, 1.807) is 6.92 Å². The van der Waals surface area contributed by atoms with Crippen LogP contribution in [0, 0.1) is 5.82 Å². The van der Waals surface area contributed by atoms with Crippen LogP contribution in [0.5, 0.6) is 5.75 Å². The molecule has 1 rings (SSSR count). The Morgan fingerprint density at radius 1 is 1.41 bits per heavy atom. The molecule has 1 atom stereocenters. The fourth-order valence-electron chi connectivity index (χ4n) is 1.12. The van der Waals surface area contributed by atoms with Crippen LogP contribution < -0.4 is 9.57 Å². The van der Waals surface area contributed by atoms with Crippen molar-refractivity contribution < 1.29 is 22.3 Å². The highest BCUT2D eigenvalue weighted by atomic mass is 35.5. The first kappa shape index (κ1) is 14.1. The minimum Gasteiger partial charge on any atom is -0.481 e. The molecule has 0 aromatic heterocycles. The molecule has 0 saturated carbocycles. The first-order chi connectivity index (χ1) is 7.83. The molecule has 1 N–H and O–H groups in total. The van der Waals surface area contributed by atoms with E-state index in [4.69, 9.17) is 11.8 Å². The summed E-state index contributed by atoms with van der Waals surface area (Å²) in [6.07, 6.45) is -4.50. The molecule has 0 aliphatic carbocycles. The molecular weight excluding hydrogens is 262 g/mol. The normalized spacial score (nSPS) is 13.5. The quantitative estimate of drug-likeness (QED) is 0.668. The zero-order chi connectivity index (χ0) is 13.1. The molecule has 0 fully saturated rings. The van der Waals surface area contributed by atoms with E-state index in [9.17, 15) is 17.6 Å². The third-order valence-corrected chi connectivity index (χ3v) is 2.34. The van der Waals surface area contributed by atoms with Gasteiger partial charge in [0.15, 0.2) is 18.2 Å². The molecule has 0 aliphatic rings. The van der Waals surface area contributed by atoms with E-state index in [2.05, 4.69) is 9.57 Å². The van der Waals surface area contributed by atoms with E-state index in [0.717, 1.165) is 6.07 Å². The van der Waals surface area contributed by atoms with Crippen molar-refractivity contribution in [2.75, 3.05) is 6.61 Å². The lowest BCUT2D eigenvalue weighted by Gasteiger charge is -2.13. The lowest BCUT2D eigenvalue weighted by molar-refractivity contribution is -0.153. The van der Waals surface area contributed by atoms with Gasteiger partial charge in [-0.3, -0.25) is 0 Å². The van der Waals surface area contributed by atoms with Crippen LogP contribution in [-0.2, 0) is 0 Å². The lowest BCUT2D eigenvalue weighted by atomic mass is 10.1. The van der Waals surface area contributed by atoms with Crippen LogP contribution in [0.4, 0.5) is 17.6 Å². The average molecular weight is 272 g/mol. The molecule has 0 saturated heterocycles. The summed E-state index contributed by atoms with van der Waals surface area (Å²) < 4.78 is 53.3. The Morgan fingerprint density at radius 3 is 2.59 bits per heavy atom. The average Bonchev–Trinajstić information content (AvgIpc) is 2.26. The monoisotopic (exact) mass is 271 g/mol. The maximum absolute atomic E-state index is 13.2. The zero-order valence-electron chi connectivity index (χ0n) is 8.81. The molecule has 17 heavy (non-hydrogen) atoms. The van der Waals surface area contributed by atoms with Gasteiger partial charge in [-0.25, -0.2) is 9.23 Å². The first-order valence-corrected chi connectivity index (χ1v) is 5.06. The van der Waals surface area contributed by atoms with Crippen LogP contribution in [0.25, 0.3) is 0 Å². The number of ether oxygens (including phenoxy) is 1. The van der Waals surface area contributed by atoms with Gasteiger partial charge in [0.1, 0.15) is 0 Å². The highest BCUT2D eigenvalue weighted by Crippen LogP contribution is 2.25. The molecule has 1 aromatic carbocycles. The SMILES string of the molecule is C[C@@H](NCl)c1ccc(F)c(OCC(F)(F)F)c1. The van der Waals surface area contributed by atoms with Gasteiger partial charge in [-0.2, -0.15) is 13.2 Å². The molecule has 0 spiro atoms. The fourth-order valence-corrected chi connectivity index (χ4v) is 1.25. The fraction of sp³-hybridized carbons (Fsp3) is 0.400. The Labute approximate surface area is 101 Å². The second-order valence-electron chi connectivity index (χ2n) is 3.42. The molecule has 0 unspecified atom stereocenters. The Hall–Kier alpha value is -1.01. The van der Waals surface area contributed by atoms with E-state index >= 15 is 0 Å². The van der Waals surface area contributed by atoms with Crippen molar-refractivity contribution >= 4 is 11.8 Å². The summed E-state index contributed by atoms with van der Waals surface area (Å²) in [5.41, 5.74) is 0.526. The van der Waals surface area contributed by atoms with Crippen molar-refractivity contribution in [2.45, 2.75) is 19.1 Å². The Kier molecular flexibility index (Phi) is 4.59. The third kappa shape index (κ3) is 4.40. The summed E-state index contributed by atoms with van der Waals surface area (Å²) in [5.74, 6) is -1.29. The van der Waals surface area contributed by atoms with Crippen LogP contribution in [0.15, 0.2) is 18.2 Å². The molecular formula is C10H10ClF4NO. The summed E-state index contributed by atoms with van der Waals surface area (Å²) in [7, 11) is 0. The van der Waals surface area contributed by atoms with Gasteiger partial charge >= 0.3 is 6.18 Å². The summed E-state index contributed by atoms with van der Waals surface area (Å²) in [6.45, 7) is 0.143. The van der Waals surface area contributed by atoms with Crippen LogP contribution in [-0.4, -0.2) is 12.8 Å². The Balaban J connectivity index is 2.83. The van der Waals surface area contributed by atoms with Gasteiger partial charge < -0.3 is 4.74 Å². The minimum atomic E-state index is -4.50. The van der Waals surface area contributed by atoms with Gasteiger partial charge in [0.05, 0.1) is 0 Å². The molecule has 1 aromatic rings. The van der Waals surface area contributed by atoms with Crippen molar-refractivity contribution in [1.82, 2.24) is 4.84 Å². The van der Waals surface area contributed by atoms with E-state index in [0.29, 0.717) is 5.56 Å². The van der Waals surface area contributed by atoms with E-state index in [1.165, 1.54) is 12.1 Å². The van der Waals surface area contributed by atoms with Crippen LogP contribution >= 0.6 is 11.8 Å². The second kappa shape index (κ2) is 5.55.